The molecule has 0 saturated carbocycles. The Kier molecular flexibility index (Phi) is 5.11. The van der Waals surface area contributed by atoms with Gasteiger partial charge in [-0.25, -0.2) is 9.97 Å². The quantitative estimate of drug-likeness (QED) is 0.358. The highest BCUT2D eigenvalue weighted by atomic mass is 79.9. The lowest BCUT2D eigenvalue weighted by Crippen LogP contribution is -2.47. The number of pyridine rings is 1. The van der Waals surface area contributed by atoms with Gasteiger partial charge in [0.25, 0.3) is 0 Å². The van der Waals surface area contributed by atoms with Crippen LogP contribution in [0.4, 0.5) is 11.6 Å². The highest BCUT2D eigenvalue weighted by molar-refractivity contribution is 9.10. The molecule has 0 atom stereocenters. The summed E-state index contributed by atoms with van der Waals surface area (Å²) in [5.41, 5.74) is 2.30. The van der Waals surface area contributed by atoms with Gasteiger partial charge < -0.3 is 9.80 Å². The number of hydrogen-bond donors (Lipinski definition) is 0. The normalized spacial score (nSPS) is 14.6. The maximum absolute atomic E-state index is 6.27. The van der Waals surface area contributed by atoms with Crippen molar-refractivity contribution >= 4 is 60.7 Å². The molecule has 5 nitrogen and oxygen atoms in total. The molecule has 4 aromatic rings. The predicted octanol–water partition coefficient (Wildman–Crippen LogP) is 5.50. The second-order valence-corrected chi connectivity index (χ2v) is 8.93. The molecule has 4 heterocycles. The van der Waals surface area contributed by atoms with Gasteiger partial charge in [-0.05, 0) is 41.4 Å². The van der Waals surface area contributed by atoms with Crippen molar-refractivity contribution in [1.82, 2.24) is 15.0 Å². The van der Waals surface area contributed by atoms with Crippen molar-refractivity contribution in [1.29, 1.82) is 0 Å². The zero-order chi connectivity index (χ0) is 19.8. The molecule has 146 valence electrons. The van der Waals surface area contributed by atoms with E-state index in [1.165, 1.54) is 0 Å². The number of fused-ring (bicyclic) bond motifs is 1. The molecule has 0 spiro atoms. The van der Waals surface area contributed by atoms with E-state index in [0.29, 0.717) is 5.28 Å². The Morgan fingerprint density at radius 1 is 0.931 bits per heavy atom. The summed E-state index contributed by atoms with van der Waals surface area (Å²) < 4.78 is 1.06. The predicted molar refractivity (Wildman–Crippen MR) is 124 cm³/mol. The van der Waals surface area contributed by atoms with E-state index in [4.69, 9.17) is 11.6 Å². The molecule has 1 aromatic carbocycles. The Labute approximate surface area is 186 Å². The van der Waals surface area contributed by atoms with Crippen LogP contribution in [-0.2, 0) is 0 Å². The van der Waals surface area contributed by atoms with Gasteiger partial charge in [0, 0.05) is 47.8 Å². The van der Waals surface area contributed by atoms with Crippen LogP contribution in [0, 0.1) is 0 Å². The third-order valence-electron chi connectivity index (χ3n) is 5.09. The molecule has 0 N–H and O–H groups in total. The summed E-state index contributed by atoms with van der Waals surface area (Å²) in [5, 5.41) is 3.52. The van der Waals surface area contributed by atoms with Crippen molar-refractivity contribution in [3.63, 3.8) is 0 Å². The third-order valence-corrected chi connectivity index (χ3v) is 6.66. The van der Waals surface area contributed by atoms with Gasteiger partial charge in [0.1, 0.15) is 16.5 Å². The van der Waals surface area contributed by atoms with Gasteiger partial charge in [-0.3, -0.25) is 0 Å². The number of rotatable bonds is 3. The van der Waals surface area contributed by atoms with Crippen LogP contribution in [0.25, 0.3) is 21.3 Å². The Hall–Kier alpha value is -2.22. The molecule has 1 aliphatic heterocycles. The molecule has 1 fully saturated rings. The maximum atomic E-state index is 6.27. The van der Waals surface area contributed by atoms with Crippen molar-refractivity contribution in [3.05, 3.63) is 63.8 Å². The van der Waals surface area contributed by atoms with Crippen LogP contribution in [0.1, 0.15) is 0 Å². The summed E-state index contributed by atoms with van der Waals surface area (Å²) in [7, 11) is 0. The number of nitrogens with zero attached hydrogens (tertiary/aromatic N) is 5. The van der Waals surface area contributed by atoms with Crippen molar-refractivity contribution in [3.8, 4) is 11.1 Å². The Morgan fingerprint density at radius 3 is 2.41 bits per heavy atom. The van der Waals surface area contributed by atoms with E-state index >= 15 is 0 Å². The molecular formula is C21H17BrClN5S. The standard InChI is InChI=1S/C21H17BrClN5S/c22-15-6-4-14(5-7-15)16-13-29-20-18(16)19(25-21(23)26-20)28-11-9-27(10-12-28)17-3-1-2-8-24-17/h1-8,13H,9-12H2. The second kappa shape index (κ2) is 7.89. The van der Waals surface area contributed by atoms with Crippen molar-refractivity contribution in [2.75, 3.05) is 36.0 Å². The topological polar surface area (TPSA) is 45.2 Å². The fourth-order valence-electron chi connectivity index (χ4n) is 3.66. The highest BCUT2D eigenvalue weighted by Crippen LogP contribution is 2.39. The summed E-state index contributed by atoms with van der Waals surface area (Å²) in [6.45, 7) is 3.49. The summed E-state index contributed by atoms with van der Waals surface area (Å²) in [6.07, 6.45) is 1.84. The number of thiophene rings is 1. The fourth-order valence-corrected chi connectivity index (χ4v) is 5.08. The van der Waals surface area contributed by atoms with E-state index in [-0.39, 0.29) is 0 Å². The number of benzene rings is 1. The summed E-state index contributed by atoms with van der Waals surface area (Å²) in [6, 6.07) is 14.4. The van der Waals surface area contributed by atoms with Crippen LogP contribution in [-0.4, -0.2) is 41.1 Å². The molecule has 0 unspecified atom stereocenters. The molecule has 1 saturated heterocycles. The first-order chi connectivity index (χ1) is 14.2. The number of halogens is 2. The molecule has 0 bridgehead atoms. The van der Waals surface area contributed by atoms with Gasteiger partial charge >= 0.3 is 0 Å². The van der Waals surface area contributed by atoms with E-state index in [1.807, 2.05) is 18.3 Å². The smallest absolute Gasteiger partial charge is 0.225 e. The van der Waals surface area contributed by atoms with E-state index in [0.717, 1.165) is 63.6 Å². The summed E-state index contributed by atoms with van der Waals surface area (Å²) >= 11 is 11.4. The SMILES string of the molecule is Clc1nc(N2CCN(c3ccccn3)CC2)c2c(-c3ccc(Br)cc3)csc2n1. The van der Waals surface area contributed by atoms with Crippen LogP contribution in [0.15, 0.2) is 58.5 Å². The molecular weight excluding hydrogens is 470 g/mol. The molecule has 0 radical (unpaired) electrons. The van der Waals surface area contributed by atoms with Gasteiger partial charge in [0.2, 0.25) is 5.28 Å². The number of anilines is 2. The molecule has 8 heteroatoms. The van der Waals surface area contributed by atoms with Crippen molar-refractivity contribution in [2.24, 2.45) is 0 Å². The average Bonchev–Trinajstić information content (AvgIpc) is 3.18. The molecule has 1 aliphatic rings. The first kappa shape index (κ1) is 18.8. The van der Waals surface area contributed by atoms with Crippen molar-refractivity contribution < 1.29 is 0 Å². The lowest BCUT2D eigenvalue weighted by molar-refractivity contribution is 0.643. The number of aromatic nitrogens is 3. The summed E-state index contributed by atoms with van der Waals surface area (Å²) in [5.74, 6) is 1.93. The van der Waals surface area contributed by atoms with E-state index in [9.17, 15) is 0 Å². The minimum atomic E-state index is 0.295. The maximum Gasteiger partial charge on any atom is 0.225 e. The van der Waals surface area contributed by atoms with Crippen LogP contribution in [0.2, 0.25) is 5.28 Å². The minimum absolute atomic E-state index is 0.295. The van der Waals surface area contributed by atoms with Crippen LogP contribution in [0.5, 0.6) is 0 Å². The van der Waals surface area contributed by atoms with Crippen LogP contribution < -0.4 is 9.80 Å². The molecule has 0 amide bonds. The molecule has 3 aromatic heterocycles. The largest absolute Gasteiger partial charge is 0.353 e. The minimum Gasteiger partial charge on any atom is -0.353 e. The van der Waals surface area contributed by atoms with E-state index in [1.54, 1.807) is 11.3 Å². The monoisotopic (exact) mass is 485 g/mol. The lowest BCUT2D eigenvalue weighted by Gasteiger charge is -2.36. The molecule has 0 aliphatic carbocycles. The molecule has 5 rings (SSSR count). The highest BCUT2D eigenvalue weighted by Gasteiger charge is 2.24. The zero-order valence-electron chi connectivity index (χ0n) is 15.4. The first-order valence-electron chi connectivity index (χ1n) is 9.30. The summed E-state index contributed by atoms with van der Waals surface area (Å²) in [4.78, 5) is 19.1. The van der Waals surface area contributed by atoms with Gasteiger partial charge in [-0.15, -0.1) is 11.3 Å². The van der Waals surface area contributed by atoms with Crippen molar-refractivity contribution in [2.45, 2.75) is 0 Å². The second-order valence-electron chi connectivity index (χ2n) is 6.81. The first-order valence-corrected chi connectivity index (χ1v) is 11.4. The lowest BCUT2D eigenvalue weighted by atomic mass is 10.1. The number of hydrogen-bond acceptors (Lipinski definition) is 6. The Bertz CT molecular complexity index is 1140. The van der Waals surface area contributed by atoms with E-state index < -0.39 is 0 Å². The Balaban J connectivity index is 1.50. The third kappa shape index (κ3) is 3.70. The van der Waals surface area contributed by atoms with Gasteiger partial charge in [-0.2, -0.15) is 4.98 Å². The molecule has 29 heavy (non-hydrogen) atoms. The van der Waals surface area contributed by atoms with Crippen LogP contribution in [0.3, 0.4) is 0 Å². The number of piperazine rings is 1. The fraction of sp³-hybridized carbons (Fsp3) is 0.190. The van der Waals surface area contributed by atoms with Gasteiger partial charge in [0.15, 0.2) is 0 Å². The average molecular weight is 487 g/mol. The Morgan fingerprint density at radius 2 is 1.69 bits per heavy atom. The van der Waals surface area contributed by atoms with E-state index in [2.05, 4.69) is 76.4 Å². The van der Waals surface area contributed by atoms with Gasteiger partial charge in [-0.1, -0.05) is 34.1 Å². The van der Waals surface area contributed by atoms with Gasteiger partial charge in [0.05, 0.1) is 5.39 Å². The zero-order valence-corrected chi connectivity index (χ0v) is 18.6. The van der Waals surface area contributed by atoms with Crippen LogP contribution >= 0.6 is 38.9 Å².